The van der Waals surface area contributed by atoms with E-state index in [1.54, 1.807) is 35.1 Å². The number of benzene rings is 2. The van der Waals surface area contributed by atoms with Crippen molar-refractivity contribution < 1.29 is 9.53 Å². The van der Waals surface area contributed by atoms with Crippen molar-refractivity contribution in [2.75, 3.05) is 19.9 Å². The van der Waals surface area contributed by atoms with E-state index in [2.05, 4.69) is 20.5 Å². The first-order valence-corrected chi connectivity index (χ1v) is 11.0. The highest BCUT2D eigenvalue weighted by Gasteiger charge is 2.22. The molecule has 0 N–H and O–H groups in total. The maximum absolute atomic E-state index is 12.8. The SMILES string of the molecule is COc1ccc(-n2nnnc2SCC(=O)N(C)C(C)c2nc3ccccc3s2)cc1. The van der Waals surface area contributed by atoms with Crippen LogP contribution in [-0.4, -0.2) is 55.9 Å². The van der Waals surface area contributed by atoms with Gasteiger partial charge in [0.05, 0.1) is 34.8 Å². The van der Waals surface area contributed by atoms with Crippen LogP contribution < -0.4 is 4.74 Å². The van der Waals surface area contributed by atoms with Crippen LogP contribution in [0.25, 0.3) is 15.9 Å². The molecule has 8 nitrogen and oxygen atoms in total. The fourth-order valence-electron chi connectivity index (χ4n) is 2.83. The predicted molar refractivity (Wildman–Crippen MR) is 117 cm³/mol. The lowest BCUT2D eigenvalue weighted by Gasteiger charge is -2.23. The van der Waals surface area contributed by atoms with E-state index < -0.39 is 0 Å². The molecule has 2 aromatic carbocycles. The average Bonchev–Trinajstić information content (AvgIpc) is 3.43. The van der Waals surface area contributed by atoms with Gasteiger partial charge in [-0.15, -0.1) is 16.4 Å². The van der Waals surface area contributed by atoms with E-state index in [0.29, 0.717) is 5.16 Å². The highest BCUT2D eigenvalue weighted by Crippen LogP contribution is 2.29. The number of amides is 1. The fraction of sp³-hybridized carbons (Fsp3) is 0.250. The molecule has 0 aliphatic heterocycles. The van der Waals surface area contributed by atoms with Crippen molar-refractivity contribution in [1.82, 2.24) is 30.1 Å². The van der Waals surface area contributed by atoms with Gasteiger partial charge in [0, 0.05) is 7.05 Å². The number of fused-ring (bicyclic) bond motifs is 1. The Labute approximate surface area is 181 Å². The maximum atomic E-state index is 12.8. The van der Waals surface area contributed by atoms with E-state index in [4.69, 9.17) is 4.74 Å². The molecule has 4 rings (SSSR count). The van der Waals surface area contributed by atoms with Gasteiger partial charge in [-0.25, -0.2) is 4.98 Å². The molecule has 2 aromatic heterocycles. The van der Waals surface area contributed by atoms with Gasteiger partial charge in [-0.05, 0) is 53.7 Å². The molecule has 0 fully saturated rings. The minimum atomic E-state index is -0.118. The highest BCUT2D eigenvalue weighted by atomic mass is 32.2. The van der Waals surface area contributed by atoms with Gasteiger partial charge in [-0.3, -0.25) is 4.79 Å². The van der Waals surface area contributed by atoms with E-state index in [-0.39, 0.29) is 17.7 Å². The minimum absolute atomic E-state index is 0.0176. The van der Waals surface area contributed by atoms with Gasteiger partial charge in [-0.2, -0.15) is 4.68 Å². The smallest absolute Gasteiger partial charge is 0.233 e. The molecule has 0 aliphatic rings. The predicted octanol–water partition coefficient (Wildman–Crippen LogP) is 3.59. The zero-order valence-electron chi connectivity index (χ0n) is 16.7. The van der Waals surface area contributed by atoms with Crippen LogP contribution in [0.3, 0.4) is 0 Å². The molecule has 10 heteroatoms. The van der Waals surface area contributed by atoms with E-state index in [1.165, 1.54) is 11.8 Å². The summed E-state index contributed by atoms with van der Waals surface area (Å²) in [5.41, 5.74) is 1.75. The van der Waals surface area contributed by atoms with Crippen molar-refractivity contribution in [3.63, 3.8) is 0 Å². The van der Waals surface area contributed by atoms with Crippen LogP contribution in [0.1, 0.15) is 18.0 Å². The molecular formula is C20H20N6O2S2. The molecule has 4 aromatic rings. The van der Waals surface area contributed by atoms with Gasteiger partial charge in [0.2, 0.25) is 11.1 Å². The summed E-state index contributed by atoms with van der Waals surface area (Å²) in [5.74, 6) is 0.958. The third kappa shape index (κ3) is 4.14. The third-order valence-electron chi connectivity index (χ3n) is 4.72. The highest BCUT2D eigenvalue weighted by molar-refractivity contribution is 7.99. The van der Waals surface area contributed by atoms with Crippen LogP contribution in [-0.2, 0) is 4.79 Å². The van der Waals surface area contributed by atoms with Gasteiger partial charge in [-0.1, -0.05) is 23.9 Å². The Kier molecular flexibility index (Phi) is 5.96. The van der Waals surface area contributed by atoms with Crippen LogP contribution in [0.2, 0.25) is 0 Å². The number of ether oxygens (including phenoxy) is 1. The fourth-order valence-corrected chi connectivity index (χ4v) is 4.71. The molecule has 154 valence electrons. The van der Waals surface area contributed by atoms with Crippen LogP contribution in [0, 0.1) is 0 Å². The lowest BCUT2D eigenvalue weighted by atomic mass is 10.3. The van der Waals surface area contributed by atoms with Gasteiger partial charge in [0.15, 0.2) is 0 Å². The van der Waals surface area contributed by atoms with E-state index in [9.17, 15) is 4.79 Å². The zero-order chi connectivity index (χ0) is 21.1. The first-order chi connectivity index (χ1) is 14.6. The standard InChI is InChI=1S/C20H20N6O2S2/c1-13(19-21-16-6-4-5-7-17(16)30-19)25(2)18(27)12-29-20-22-23-24-26(20)14-8-10-15(28-3)11-9-14/h4-11,13H,12H2,1-3H3. The number of hydrogen-bond acceptors (Lipinski definition) is 8. The molecule has 0 bridgehead atoms. The van der Waals surface area contributed by atoms with Crippen molar-refractivity contribution in [1.29, 1.82) is 0 Å². The van der Waals surface area contributed by atoms with E-state index in [0.717, 1.165) is 26.7 Å². The number of nitrogens with zero attached hydrogens (tertiary/aromatic N) is 6. The minimum Gasteiger partial charge on any atom is -0.497 e. The number of thiazole rings is 1. The Morgan fingerprint density at radius 1 is 1.23 bits per heavy atom. The van der Waals surface area contributed by atoms with Crippen molar-refractivity contribution >= 4 is 39.2 Å². The Balaban J connectivity index is 1.42. The Hall–Kier alpha value is -2.98. The number of tetrazole rings is 1. The maximum Gasteiger partial charge on any atom is 0.233 e. The Morgan fingerprint density at radius 2 is 2.00 bits per heavy atom. The van der Waals surface area contributed by atoms with Gasteiger partial charge in [0.1, 0.15) is 10.8 Å². The summed E-state index contributed by atoms with van der Waals surface area (Å²) >= 11 is 2.91. The quantitative estimate of drug-likeness (QED) is 0.406. The summed E-state index contributed by atoms with van der Waals surface area (Å²) in [6.45, 7) is 1.99. The molecule has 30 heavy (non-hydrogen) atoms. The van der Waals surface area contributed by atoms with Crippen LogP contribution in [0.4, 0.5) is 0 Å². The molecule has 1 amide bonds. The molecule has 0 saturated heterocycles. The molecule has 1 atom stereocenters. The second kappa shape index (κ2) is 8.80. The van der Waals surface area contributed by atoms with E-state index >= 15 is 0 Å². The summed E-state index contributed by atoms with van der Waals surface area (Å²) in [6.07, 6.45) is 0. The summed E-state index contributed by atoms with van der Waals surface area (Å²) in [5, 5.41) is 13.3. The summed E-state index contributed by atoms with van der Waals surface area (Å²) in [4.78, 5) is 19.2. The topological polar surface area (TPSA) is 86.0 Å². The molecule has 0 spiro atoms. The number of carbonyl (C=O) groups excluding carboxylic acids is 1. The second-order valence-electron chi connectivity index (χ2n) is 6.56. The first-order valence-electron chi connectivity index (χ1n) is 9.23. The second-order valence-corrected chi connectivity index (χ2v) is 8.57. The Bertz CT molecular complexity index is 1120. The largest absolute Gasteiger partial charge is 0.497 e. The summed E-state index contributed by atoms with van der Waals surface area (Å²) in [6, 6.07) is 15.3. The Morgan fingerprint density at radius 3 is 2.73 bits per heavy atom. The van der Waals surface area contributed by atoms with Crippen LogP contribution in [0.5, 0.6) is 5.75 Å². The molecule has 0 saturated carbocycles. The third-order valence-corrected chi connectivity index (χ3v) is 6.84. The zero-order valence-corrected chi connectivity index (χ0v) is 18.4. The number of thioether (sulfide) groups is 1. The van der Waals surface area contributed by atoms with Gasteiger partial charge in [0.25, 0.3) is 0 Å². The summed E-state index contributed by atoms with van der Waals surface area (Å²) in [7, 11) is 3.41. The van der Waals surface area contributed by atoms with Crippen LogP contribution in [0.15, 0.2) is 53.7 Å². The molecular weight excluding hydrogens is 420 g/mol. The van der Waals surface area contributed by atoms with Gasteiger partial charge >= 0.3 is 0 Å². The van der Waals surface area contributed by atoms with Crippen molar-refractivity contribution in [2.24, 2.45) is 0 Å². The number of aromatic nitrogens is 5. The number of para-hydroxylation sites is 1. The molecule has 0 aliphatic carbocycles. The van der Waals surface area contributed by atoms with Crippen molar-refractivity contribution in [2.45, 2.75) is 18.1 Å². The van der Waals surface area contributed by atoms with Gasteiger partial charge < -0.3 is 9.64 Å². The molecule has 0 radical (unpaired) electrons. The average molecular weight is 441 g/mol. The number of rotatable bonds is 7. The lowest BCUT2D eigenvalue weighted by Crippen LogP contribution is -2.31. The van der Waals surface area contributed by atoms with Crippen LogP contribution >= 0.6 is 23.1 Å². The number of carbonyl (C=O) groups is 1. The van der Waals surface area contributed by atoms with E-state index in [1.807, 2.05) is 55.5 Å². The molecule has 2 heterocycles. The number of methoxy groups -OCH3 is 1. The normalized spacial score (nSPS) is 12.1. The van der Waals surface area contributed by atoms with Crippen molar-refractivity contribution in [3.8, 4) is 11.4 Å². The first kappa shape index (κ1) is 20.3. The van der Waals surface area contributed by atoms with Crippen molar-refractivity contribution in [3.05, 3.63) is 53.5 Å². The monoisotopic (exact) mass is 440 g/mol. The molecule has 1 unspecified atom stereocenters. The lowest BCUT2D eigenvalue weighted by molar-refractivity contribution is -0.128. The number of hydrogen-bond donors (Lipinski definition) is 0. The summed E-state index contributed by atoms with van der Waals surface area (Å²) < 4.78 is 7.90.